The zero-order chi connectivity index (χ0) is 12.0. The molecule has 0 radical (unpaired) electrons. The standard InChI is InChI=1S/C13H16O3/c1-3-4-11(9-13(15)16-2)10-5-7-12(14)8-6-10/h3-8,11,14H,9H2,1-2H3/b4-3+. The first-order valence-electron chi connectivity index (χ1n) is 5.16. The first-order chi connectivity index (χ1) is 7.67. The molecular weight excluding hydrogens is 204 g/mol. The molecule has 0 amide bonds. The fourth-order valence-electron chi connectivity index (χ4n) is 1.51. The molecule has 0 aliphatic rings. The number of carbonyl (C=O) groups excluding carboxylic acids is 1. The van der Waals surface area contributed by atoms with Gasteiger partial charge in [-0.15, -0.1) is 0 Å². The minimum atomic E-state index is -0.240. The molecule has 3 heteroatoms. The third kappa shape index (κ3) is 3.42. The maximum atomic E-state index is 11.2. The van der Waals surface area contributed by atoms with Crippen LogP contribution in [-0.2, 0) is 9.53 Å². The van der Waals surface area contributed by atoms with Crippen LogP contribution in [0.1, 0.15) is 24.8 Å². The second-order valence-corrected chi connectivity index (χ2v) is 3.50. The van der Waals surface area contributed by atoms with Crippen LogP contribution in [0.5, 0.6) is 5.75 Å². The monoisotopic (exact) mass is 220 g/mol. The number of hydrogen-bond acceptors (Lipinski definition) is 3. The molecule has 16 heavy (non-hydrogen) atoms. The van der Waals surface area contributed by atoms with E-state index in [1.165, 1.54) is 7.11 Å². The van der Waals surface area contributed by atoms with Crippen molar-refractivity contribution in [3.05, 3.63) is 42.0 Å². The predicted octanol–water partition coefficient (Wildman–Crippen LogP) is 2.62. The number of esters is 1. The van der Waals surface area contributed by atoms with Gasteiger partial charge in [-0.3, -0.25) is 4.79 Å². The van der Waals surface area contributed by atoms with E-state index in [4.69, 9.17) is 0 Å². The first kappa shape index (κ1) is 12.3. The quantitative estimate of drug-likeness (QED) is 0.626. The van der Waals surface area contributed by atoms with E-state index < -0.39 is 0 Å². The lowest BCUT2D eigenvalue weighted by Crippen LogP contribution is -2.06. The van der Waals surface area contributed by atoms with Gasteiger partial charge in [0.2, 0.25) is 0 Å². The molecule has 0 spiro atoms. The third-order valence-corrected chi connectivity index (χ3v) is 2.36. The molecule has 0 aliphatic heterocycles. The number of methoxy groups -OCH3 is 1. The summed E-state index contributed by atoms with van der Waals surface area (Å²) in [4.78, 5) is 11.2. The van der Waals surface area contributed by atoms with Gasteiger partial charge in [0.15, 0.2) is 0 Å². The van der Waals surface area contributed by atoms with E-state index in [0.29, 0.717) is 6.42 Å². The maximum Gasteiger partial charge on any atom is 0.306 e. The lowest BCUT2D eigenvalue weighted by atomic mass is 9.95. The summed E-state index contributed by atoms with van der Waals surface area (Å²) >= 11 is 0. The number of ether oxygens (including phenoxy) is 1. The summed E-state index contributed by atoms with van der Waals surface area (Å²) in [5.41, 5.74) is 0.987. The summed E-state index contributed by atoms with van der Waals surface area (Å²) in [6.45, 7) is 1.91. The van der Waals surface area contributed by atoms with E-state index in [9.17, 15) is 9.90 Å². The van der Waals surface area contributed by atoms with Gasteiger partial charge in [-0.25, -0.2) is 0 Å². The lowest BCUT2D eigenvalue weighted by molar-refractivity contribution is -0.140. The second kappa shape index (κ2) is 5.95. The summed E-state index contributed by atoms with van der Waals surface area (Å²) in [6.07, 6.45) is 4.16. The van der Waals surface area contributed by atoms with Crippen LogP contribution in [0.15, 0.2) is 36.4 Å². The molecule has 0 saturated carbocycles. The van der Waals surface area contributed by atoms with Gasteiger partial charge in [-0.2, -0.15) is 0 Å². The van der Waals surface area contributed by atoms with E-state index in [-0.39, 0.29) is 17.6 Å². The number of phenols is 1. The van der Waals surface area contributed by atoms with Crippen LogP contribution in [0.25, 0.3) is 0 Å². The van der Waals surface area contributed by atoms with Crippen LogP contribution in [0.4, 0.5) is 0 Å². The van der Waals surface area contributed by atoms with Crippen LogP contribution in [0.3, 0.4) is 0 Å². The highest BCUT2D eigenvalue weighted by Gasteiger charge is 2.13. The first-order valence-corrected chi connectivity index (χ1v) is 5.16. The van der Waals surface area contributed by atoms with Gasteiger partial charge >= 0.3 is 5.97 Å². The smallest absolute Gasteiger partial charge is 0.306 e. The van der Waals surface area contributed by atoms with Crippen LogP contribution >= 0.6 is 0 Å². The Kier molecular flexibility index (Phi) is 4.58. The highest BCUT2D eigenvalue weighted by Crippen LogP contribution is 2.23. The molecule has 1 aromatic rings. The molecule has 0 saturated heterocycles. The molecule has 1 atom stereocenters. The Morgan fingerprint density at radius 2 is 2.06 bits per heavy atom. The van der Waals surface area contributed by atoms with Gasteiger partial charge in [-0.1, -0.05) is 24.3 Å². The molecule has 1 N–H and O–H groups in total. The number of hydrogen-bond donors (Lipinski definition) is 1. The van der Waals surface area contributed by atoms with E-state index in [2.05, 4.69) is 4.74 Å². The molecule has 0 aliphatic carbocycles. The topological polar surface area (TPSA) is 46.5 Å². The third-order valence-electron chi connectivity index (χ3n) is 2.36. The Morgan fingerprint density at radius 3 is 2.56 bits per heavy atom. The van der Waals surface area contributed by atoms with Gasteiger partial charge in [0.25, 0.3) is 0 Å². The maximum absolute atomic E-state index is 11.2. The number of carbonyl (C=O) groups is 1. The van der Waals surface area contributed by atoms with Gasteiger partial charge in [0, 0.05) is 5.92 Å². The van der Waals surface area contributed by atoms with E-state index >= 15 is 0 Å². The Balaban J connectivity index is 2.84. The minimum Gasteiger partial charge on any atom is -0.508 e. The fourth-order valence-corrected chi connectivity index (χ4v) is 1.51. The van der Waals surface area contributed by atoms with Crippen molar-refractivity contribution in [3.63, 3.8) is 0 Å². The number of aromatic hydroxyl groups is 1. The average Bonchev–Trinajstić information content (AvgIpc) is 2.29. The normalized spacial score (nSPS) is 12.6. The molecule has 0 aromatic heterocycles. The molecule has 1 aromatic carbocycles. The Labute approximate surface area is 95.4 Å². The van der Waals surface area contributed by atoms with Gasteiger partial charge in [-0.05, 0) is 24.6 Å². The van der Waals surface area contributed by atoms with Crippen molar-refractivity contribution in [2.75, 3.05) is 7.11 Å². The molecule has 0 bridgehead atoms. The Morgan fingerprint density at radius 1 is 1.44 bits per heavy atom. The highest BCUT2D eigenvalue weighted by atomic mass is 16.5. The summed E-state index contributed by atoms with van der Waals surface area (Å²) in [7, 11) is 1.38. The van der Waals surface area contributed by atoms with Crippen LogP contribution in [0, 0.1) is 0 Å². The summed E-state index contributed by atoms with van der Waals surface area (Å²) in [5, 5.41) is 9.19. The number of phenolic OH excluding ortho intramolecular Hbond substituents is 1. The van der Waals surface area contributed by atoms with Crippen LogP contribution in [-0.4, -0.2) is 18.2 Å². The summed E-state index contributed by atoms with van der Waals surface area (Å²) in [6, 6.07) is 6.85. The number of allylic oxidation sites excluding steroid dienone is 2. The molecule has 3 nitrogen and oxygen atoms in total. The van der Waals surface area contributed by atoms with Crippen molar-refractivity contribution in [2.45, 2.75) is 19.3 Å². The minimum absolute atomic E-state index is 0.00181. The summed E-state index contributed by atoms with van der Waals surface area (Å²) < 4.78 is 4.65. The summed E-state index contributed by atoms with van der Waals surface area (Å²) in [5.74, 6) is -0.0183. The van der Waals surface area contributed by atoms with Crippen molar-refractivity contribution in [3.8, 4) is 5.75 Å². The predicted molar refractivity (Wildman–Crippen MR) is 62.3 cm³/mol. The Hall–Kier alpha value is -1.77. The van der Waals surface area contributed by atoms with Crippen LogP contribution in [0.2, 0.25) is 0 Å². The van der Waals surface area contributed by atoms with E-state index in [1.54, 1.807) is 12.1 Å². The Bertz CT molecular complexity index is 365. The second-order valence-electron chi connectivity index (χ2n) is 3.50. The largest absolute Gasteiger partial charge is 0.508 e. The number of rotatable bonds is 4. The SMILES string of the molecule is C/C=C/C(CC(=O)OC)c1ccc(O)cc1. The van der Waals surface area contributed by atoms with Crippen molar-refractivity contribution in [1.29, 1.82) is 0 Å². The fraction of sp³-hybridized carbons (Fsp3) is 0.308. The number of benzene rings is 1. The van der Waals surface area contributed by atoms with Gasteiger partial charge < -0.3 is 9.84 Å². The van der Waals surface area contributed by atoms with Crippen molar-refractivity contribution in [1.82, 2.24) is 0 Å². The highest BCUT2D eigenvalue weighted by molar-refractivity contribution is 5.70. The van der Waals surface area contributed by atoms with Crippen molar-refractivity contribution >= 4 is 5.97 Å². The van der Waals surface area contributed by atoms with Gasteiger partial charge in [0.05, 0.1) is 13.5 Å². The van der Waals surface area contributed by atoms with Gasteiger partial charge in [0.1, 0.15) is 5.75 Å². The molecule has 0 heterocycles. The van der Waals surface area contributed by atoms with E-state index in [0.717, 1.165) is 5.56 Å². The molecule has 1 rings (SSSR count). The van der Waals surface area contributed by atoms with Crippen LogP contribution < -0.4 is 0 Å². The molecule has 1 unspecified atom stereocenters. The lowest BCUT2D eigenvalue weighted by Gasteiger charge is -2.11. The zero-order valence-electron chi connectivity index (χ0n) is 9.51. The molecular formula is C13H16O3. The molecule has 0 fully saturated rings. The average molecular weight is 220 g/mol. The zero-order valence-corrected chi connectivity index (χ0v) is 9.51. The van der Waals surface area contributed by atoms with E-state index in [1.807, 2.05) is 31.2 Å². The van der Waals surface area contributed by atoms with Crippen molar-refractivity contribution in [2.24, 2.45) is 0 Å². The van der Waals surface area contributed by atoms with Crippen molar-refractivity contribution < 1.29 is 14.6 Å². The molecule has 86 valence electrons.